The highest BCUT2D eigenvalue weighted by Gasteiger charge is 2.17. The fraction of sp³-hybridized carbons (Fsp3) is 0.500. The van der Waals surface area contributed by atoms with Gasteiger partial charge in [-0.3, -0.25) is 9.59 Å². The summed E-state index contributed by atoms with van der Waals surface area (Å²) < 4.78 is 0. The van der Waals surface area contributed by atoms with Crippen LogP contribution < -0.4 is 0 Å². The molecule has 1 N–H and O–H groups in total. The van der Waals surface area contributed by atoms with E-state index in [1.807, 2.05) is 24.3 Å². The third-order valence-corrected chi connectivity index (χ3v) is 3.95. The van der Waals surface area contributed by atoms with Crippen LogP contribution in [0.3, 0.4) is 0 Å². The molecule has 0 atom stereocenters. The van der Waals surface area contributed by atoms with E-state index in [1.165, 1.54) is 49.6 Å². The summed E-state index contributed by atoms with van der Waals surface area (Å²) in [6.07, 6.45) is 6.35. The summed E-state index contributed by atoms with van der Waals surface area (Å²) in [4.78, 5) is 23.9. The van der Waals surface area contributed by atoms with Gasteiger partial charge in [0.15, 0.2) is 0 Å². The molecule has 0 aromatic heterocycles. The van der Waals surface area contributed by atoms with Gasteiger partial charge < -0.3 is 10.0 Å². The van der Waals surface area contributed by atoms with Crippen molar-refractivity contribution in [3.05, 3.63) is 35.4 Å². The average molecular weight is 275 g/mol. The minimum atomic E-state index is -1.00. The Morgan fingerprint density at radius 2 is 1.75 bits per heavy atom. The predicted molar refractivity (Wildman–Crippen MR) is 76.9 cm³/mol. The first-order valence-corrected chi connectivity index (χ1v) is 7.15. The van der Waals surface area contributed by atoms with E-state index in [9.17, 15) is 9.59 Å². The highest BCUT2D eigenvalue weighted by atomic mass is 16.4. The van der Waals surface area contributed by atoms with Crippen molar-refractivity contribution in [3.8, 4) is 0 Å². The van der Waals surface area contributed by atoms with Gasteiger partial charge in [-0.05, 0) is 36.5 Å². The van der Waals surface area contributed by atoms with Crippen molar-refractivity contribution in [1.82, 2.24) is 4.90 Å². The molecule has 1 fully saturated rings. The number of hydrogen-bond donors (Lipinski definition) is 1. The van der Waals surface area contributed by atoms with Gasteiger partial charge in [0, 0.05) is 12.6 Å². The van der Waals surface area contributed by atoms with Gasteiger partial charge in [0.05, 0.1) is 0 Å². The fourth-order valence-corrected chi connectivity index (χ4v) is 2.83. The number of carbonyl (C=O) groups is 2. The lowest BCUT2D eigenvalue weighted by atomic mass is 9.84. The van der Waals surface area contributed by atoms with E-state index in [1.54, 1.807) is 0 Å². The van der Waals surface area contributed by atoms with E-state index in [2.05, 4.69) is 0 Å². The number of rotatable bonds is 4. The Labute approximate surface area is 119 Å². The van der Waals surface area contributed by atoms with Crippen molar-refractivity contribution in [1.29, 1.82) is 0 Å². The highest BCUT2D eigenvalue weighted by Crippen LogP contribution is 2.32. The van der Waals surface area contributed by atoms with Crippen molar-refractivity contribution in [2.75, 3.05) is 13.6 Å². The molecule has 20 heavy (non-hydrogen) atoms. The first-order chi connectivity index (χ1) is 9.58. The van der Waals surface area contributed by atoms with Crippen LogP contribution in [0.5, 0.6) is 0 Å². The lowest BCUT2D eigenvalue weighted by molar-refractivity contribution is -0.137. The number of carbonyl (C=O) groups excluding carboxylic acids is 1. The van der Waals surface area contributed by atoms with Crippen LogP contribution in [0, 0.1) is 0 Å². The normalized spacial score (nSPS) is 15.8. The molecule has 1 aromatic rings. The predicted octanol–water partition coefficient (Wildman–Crippen LogP) is 2.89. The summed E-state index contributed by atoms with van der Waals surface area (Å²) in [6.45, 7) is -0.275. The molecule has 4 heteroatoms. The average Bonchev–Trinajstić information content (AvgIpc) is 2.47. The number of nitrogens with zero attached hydrogens (tertiary/aromatic N) is 1. The molecule has 0 saturated heterocycles. The van der Waals surface area contributed by atoms with E-state index >= 15 is 0 Å². The van der Waals surface area contributed by atoms with Gasteiger partial charge in [0.1, 0.15) is 6.54 Å². The topological polar surface area (TPSA) is 57.6 Å². The molecule has 1 aliphatic rings. The molecule has 4 nitrogen and oxygen atoms in total. The zero-order chi connectivity index (χ0) is 14.5. The lowest BCUT2D eigenvalue weighted by Crippen LogP contribution is -2.31. The Morgan fingerprint density at radius 1 is 1.15 bits per heavy atom. The van der Waals surface area contributed by atoms with Gasteiger partial charge in [0.2, 0.25) is 0 Å². The van der Waals surface area contributed by atoms with Gasteiger partial charge >= 0.3 is 5.97 Å². The maximum Gasteiger partial charge on any atom is 0.323 e. The molecule has 1 amide bonds. The van der Waals surface area contributed by atoms with Gasteiger partial charge in [-0.2, -0.15) is 0 Å². The van der Waals surface area contributed by atoms with Crippen LogP contribution in [0.25, 0.3) is 0 Å². The molecular formula is C16H21NO3. The van der Waals surface area contributed by atoms with Crippen molar-refractivity contribution in [2.24, 2.45) is 0 Å². The lowest BCUT2D eigenvalue weighted by Gasteiger charge is -2.22. The summed E-state index contributed by atoms with van der Waals surface area (Å²) in [6, 6.07) is 7.64. The van der Waals surface area contributed by atoms with Crippen molar-refractivity contribution in [2.45, 2.75) is 38.0 Å². The number of aliphatic carboxylic acids is 1. The molecular weight excluding hydrogens is 254 g/mol. The van der Waals surface area contributed by atoms with E-state index in [0.717, 1.165) is 0 Å². The number of amides is 1. The van der Waals surface area contributed by atoms with E-state index < -0.39 is 5.97 Å². The monoisotopic (exact) mass is 275 g/mol. The Balaban J connectivity index is 2.03. The number of carboxylic acids is 1. The molecule has 0 heterocycles. The summed E-state index contributed by atoms with van der Waals surface area (Å²) in [7, 11) is 1.51. The molecule has 0 unspecified atom stereocenters. The summed E-state index contributed by atoms with van der Waals surface area (Å²) in [5, 5.41) is 8.70. The maximum atomic E-state index is 12.0. The first kappa shape index (κ1) is 14.6. The minimum Gasteiger partial charge on any atom is -0.480 e. The first-order valence-electron chi connectivity index (χ1n) is 7.15. The second-order valence-electron chi connectivity index (χ2n) is 5.51. The molecule has 0 radical (unpaired) electrons. The Kier molecular flexibility index (Phi) is 4.77. The molecule has 1 aliphatic carbocycles. The number of likely N-dealkylation sites (N-methyl/N-ethyl adjacent to an activating group) is 1. The Hall–Kier alpha value is -1.84. The molecule has 0 spiro atoms. The molecule has 2 rings (SSSR count). The molecule has 1 aromatic carbocycles. The number of benzene rings is 1. The van der Waals surface area contributed by atoms with Crippen molar-refractivity contribution in [3.63, 3.8) is 0 Å². The standard InChI is InChI=1S/C16H21NO3/c1-17(11-15(18)19)16(20)14-9-7-13(8-10-14)12-5-3-2-4-6-12/h7-10,12H,2-6,11H2,1H3,(H,18,19). The summed E-state index contributed by atoms with van der Waals surface area (Å²) in [5.74, 6) is -0.632. The van der Waals surface area contributed by atoms with Crippen LogP contribution in [-0.2, 0) is 4.79 Å². The highest BCUT2D eigenvalue weighted by molar-refractivity contribution is 5.95. The van der Waals surface area contributed by atoms with Crippen molar-refractivity contribution >= 4 is 11.9 Å². The molecule has 0 aliphatic heterocycles. The van der Waals surface area contributed by atoms with E-state index in [-0.39, 0.29) is 12.5 Å². The quantitative estimate of drug-likeness (QED) is 0.919. The molecule has 108 valence electrons. The fourth-order valence-electron chi connectivity index (χ4n) is 2.83. The number of hydrogen-bond acceptors (Lipinski definition) is 2. The zero-order valence-corrected chi connectivity index (χ0v) is 11.8. The van der Waals surface area contributed by atoms with Crippen LogP contribution >= 0.6 is 0 Å². The van der Waals surface area contributed by atoms with Crippen LogP contribution in [0.2, 0.25) is 0 Å². The molecule has 1 saturated carbocycles. The van der Waals surface area contributed by atoms with Gasteiger partial charge in [-0.25, -0.2) is 0 Å². The van der Waals surface area contributed by atoms with E-state index in [4.69, 9.17) is 5.11 Å². The van der Waals surface area contributed by atoms with Crippen LogP contribution in [0.1, 0.15) is 53.9 Å². The third-order valence-electron chi connectivity index (χ3n) is 3.95. The van der Waals surface area contributed by atoms with Crippen LogP contribution in [0.15, 0.2) is 24.3 Å². The largest absolute Gasteiger partial charge is 0.480 e. The summed E-state index contributed by atoms with van der Waals surface area (Å²) >= 11 is 0. The van der Waals surface area contributed by atoms with Gasteiger partial charge in [-0.15, -0.1) is 0 Å². The number of carboxylic acid groups (broad SMARTS) is 1. The second-order valence-corrected chi connectivity index (χ2v) is 5.51. The second kappa shape index (κ2) is 6.55. The van der Waals surface area contributed by atoms with E-state index in [0.29, 0.717) is 11.5 Å². The Bertz CT molecular complexity index is 475. The van der Waals surface area contributed by atoms with Crippen molar-refractivity contribution < 1.29 is 14.7 Å². The Morgan fingerprint density at radius 3 is 2.30 bits per heavy atom. The smallest absolute Gasteiger partial charge is 0.323 e. The summed E-state index contributed by atoms with van der Waals surface area (Å²) in [5.41, 5.74) is 1.84. The molecule has 0 bridgehead atoms. The van der Waals surface area contributed by atoms with Gasteiger partial charge in [0.25, 0.3) is 5.91 Å². The maximum absolute atomic E-state index is 12.0. The third kappa shape index (κ3) is 3.59. The minimum absolute atomic E-state index is 0.248. The van der Waals surface area contributed by atoms with Crippen LogP contribution in [0.4, 0.5) is 0 Å². The van der Waals surface area contributed by atoms with Gasteiger partial charge in [-0.1, -0.05) is 31.4 Å². The zero-order valence-electron chi connectivity index (χ0n) is 11.8. The SMILES string of the molecule is CN(CC(=O)O)C(=O)c1ccc(C2CCCCC2)cc1. The van der Waals surface area contributed by atoms with Crippen LogP contribution in [-0.4, -0.2) is 35.5 Å².